The van der Waals surface area contributed by atoms with Crippen LogP contribution in [-0.2, 0) is 6.42 Å². The second-order valence-electron chi connectivity index (χ2n) is 3.28. The number of carbonyl (C=O) groups is 1. The lowest BCUT2D eigenvalue weighted by Crippen LogP contribution is -2.14. The summed E-state index contributed by atoms with van der Waals surface area (Å²) in [6.07, 6.45) is 1.89. The normalized spacial score (nSPS) is 10.2. The predicted molar refractivity (Wildman–Crippen MR) is 57.9 cm³/mol. The van der Waals surface area contributed by atoms with Crippen LogP contribution in [0.1, 0.15) is 23.4 Å². The van der Waals surface area contributed by atoms with E-state index in [2.05, 4.69) is 25.5 Å². The fourth-order valence-electron chi connectivity index (χ4n) is 1.19. The summed E-state index contributed by atoms with van der Waals surface area (Å²) in [7, 11) is 0. The number of nitrogens with one attached hydrogen (secondary N) is 2. The van der Waals surface area contributed by atoms with E-state index in [9.17, 15) is 9.18 Å². The summed E-state index contributed by atoms with van der Waals surface area (Å²) in [5.41, 5.74) is 0.388. The van der Waals surface area contributed by atoms with E-state index in [-0.39, 0.29) is 5.82 Å². The van der Waals surface area contributed by atoms with E-state index in [1.165, 1.54) is 12.3 Å². The molecule has 0 atom stereocenters. The molecule has 0 fully saturated rings. The van der Waals surface area contributed by atoms with Gasteiger partial charge in [-0.2, -0.15) is 4.39 Å². The van der Waals surface area contributed by atoms with Gasteiger partial charge < -0.3 is 5.32 Å². The van der Waals surface area contributed by atoms with Crippen molar-refractivity contribution in [3.63, 3.8) is 0 Å². The van der Waals surface area contributed by atoms with E-state index in [0.717, 1.165) is 6.07 Å². The van der Waals surface area contributed by atoms with E-state index in [1.807, 2.05) is 6.92 Å². The van der Waals surface area contributed by atoms with Crippen LogP contribution in [0, 0.1) is 5.95 Å². The zero-order chi connectivity index (χ0) is 12.3. The Morgan fingerprint density at radius 2 is 2.35 bits per heavy atom. The maximum atomic E-state index is 12.5. The van der Waals surface area contributed by atoms with Crippen molar-refractivity contribution >= 4 is 11.6 Å². The lowest BCUT2D eigenvalue weighted by molar-refractivity contribution is 0.101. The number of carbonyl (C=O) groups excluding carboxylic acids is 1. The Hall–Kier alpha value is -2.31. The third kappa shape index (κ3) is 2.63. The number of aromatic amines is 1. The molecule has 0 aromatic carbocycles. The third-order valence-corrected chi connectivity index (χ3v) is 2.05. The molecule has 0 bridgehead atoms. The zero-order valence-electron chi connectivity index (χ0n) is 9.07. The second kappa shape index (κ2) is 4.69. The molecule has 2 rings (SSSR count). The molecule has 2 aromatic rings. The highest BCUT2D eigenvalue weighted by molar-refractivity contribution is 6.01. The Labute approximate surface area is 96.3 Å². The molecular weight excluding hydrogens is 225 g/mol. The summed E-state index contributed by atoms with van der Waals surface area (Å²) in [6, 6.07) is 2.57. The van der Waals surface area contributed by atoms with Crippen LogP contribution in [0.15, 0.2) is 18.3 Å². The quantitative estimate of drug-likeness (QED) is 0.782. The fraction of sp³-hybridized carbons (Fsp3) is 0.200. The highest BCUT2D eigenvalue weighted by Crippen LogP contribution is 2.06. The number of hydrogen-bond acceptors (Lipinski definition) is 4. The highest BCUT2D eigenvalue weighted by Gasteiger charge is 2.12. The van der Waals surface area contributed by atoms with Crippen LogP contribution in [-0.4, -0.2) is 26.1 Å². The molecule has 0 radical (unpaired) electrons. The van der Waals surface area contributed by atoms with Gasteiger partial charge in [-0.15, -0.1) is 5.10 Å². The van der Waals surface area contributed by atoms with Crippen molar-refractivity contribution < 1.29 is 9.18 Å². The molecule has 0 spiro atoms. The SMILES string of the molecule is CCc1nc(C(=O)Nc2ccc(F)nc2)n[nH]1. The third-order valence-electron chi connectivity index (χ3n) is 2.05. The summed E-state index contributed by atoms with van der Waals surface area (Å²) in [4.78, 5) is 19.0. The number of amides is 1. The minimum atomic E-state index is -0.603. The van der Waals surface area contributed by atoms with Crippen LogP contribution >= 0.6 is 0 Å². The minimum Gasteiger partial charge on any atom is -0.318 e. The molecule has 0 saturated carbocycles. The van der Waals surface area contributed by atoms with Gasteiger partial charge >= 0.3 is 0 Å². The first-order chi connectivity index (χ1) is 8.19. The van der Waals surface area contributed by atoms with Crippen LogP contribution < -0.4 is 5.32 Å². The first kappa shape index (κ1) is 11.2. The van der Waals surface area contributed by atoms with Crippen LogP contribution in [0.4, 0.5) is 10.1 Å². The monoisotopic (exact) mass is 235 g/mol. The van der Waals surface area contributed by atoms with Crippen molar-refractivity contribution in [2.24, 2.45) is 0 Å². The summed E-state index contributed by atoms with van der Waals surface area (Å²) < 4.78 is 12.5. The van der Waals surface area contributed by atoms with Gasteiger partial charge in [-0.3, -0.25) is 9.89 Å². The van der Waals surface area contributed by atoms with Gasteiger partial charge in [0.25, 0.3) is 5.91 Å². The number of anilines is 1. The van der Waals surface area contributed by atoms with Crippen molar-refractivity contribution in [2.75, 3.05) is 5.32 Å². The van der Waals surface area contributed by atoms with Gasteiger partial charge in [-0.25, -0.2) is 9.97 Å². The summed E-state index contributed by atoms with van der Waals surface area (Å²) in [5, 5.41) is 8.90. The van der Waals surface area contributed by atoms with E-state index in [4.69, 9.17) is 0 Å². The average molecular weight is 235 g/mol. The van der Waals surface area contributed by atoms with Crippen molar-refractivity contribution in [1.29, 1.82) is 0 Å². The molecule has 0 aliphatic rings. The molecule has 7 heteroatoms. The van der Waals surface area contributed by atoms with E-state index < -0.39 is 11.9 Å². The molecule has 2 N–H and O–H groups in total. The first-order valence-corrected chi connectivity index (χ1v) is 5.03. The fourth-order valence-corrected chi connectivity index (χ4v) is 1.19. The molecule has 2 aromatic heterocycles. The largest absolute Gasteiger partial charge is 0.318 e. The Morgan fingerprint density at radius 3 is 2.94 bits per heavy atom. The van der Waals surface area contributed by atoms with Gasteiger partial charge in [0.2, 0.25) is 11.8 Å². The maximum absolute atomic E-state index is 12.5. The molecule has 0 aliphatic carbocycles. The number of pyridine rings is 1. The topological polar surface area (TPSA) is 83.6 Å². The zero-order valence-corrected chi connectivity index (χ0v) is 9.07. The van der Waals surface area contributed by atoms with Gasteiger partial charge in [0, 0.05) is 6.42 Å². The Kier molecular flexibility index (Phi) is 3.08. The van der Waals surface area contributed by atoms with Gasteiger partial charge in [0.15, 0.2) is 0 Å². The van der Waals surface area contributed by atoms with Gasteiger partial charge in [-0.05, 0) is 12.1 Å². The van der Waals surface area contributed by atoms with Gasteiger partial charge in [0.1, 0.15) is 5.82 Å². The minimum absolute atomic E-state index is 0.0474. The number of halogens is 1. The van der Waals surface area contributed by atoms with Gasteiger partial charge in [-0.1, -0.05) is 6.92 Å². The van der Waals surface area contributed by atoms with Crippen LogP contribution in [0.2, 0.25) is 0 Å². The second-order valence-corrected chi connectivity index (χ2v) is 3.28. The molecular formula is C10H10FN5O. The predicted octanol–water partition coefficient (Wildman–Crippen LogP) is 1.15. The molecule has 88 valence electrons. The van der Waals surface area contributed by atoms with Crippen molar-refractivity contribution in [2.45, 2.75) is 13.3 Å². The lowest BCUT2D eigenvalue weighted by Gasteiger charge is -2.00. The number of nitrogens with zero attached hydrogens (tertiary/aromatic N) is 3. The molecule has 2 heterocycles. The number of H-pyrrole nitrogens is 1. The molecule has 0 saturated heterocycles. The highest BCUT2D eigenvalue weighted by atomic mass is 19.1. The molecule has 0 aliphatic heterocycles. The first-order valence-electron chi connectivity index (χ1n) is 5.03. The Balaban J connectivity index is 2.08. The van der Waals surface area contributed by atoms with E-state index >= 15 is 0 Å². The number of rotatable bonds is 3. The van der Waals surface area contributed by atoms with E-state index in [1.54, 1.807) is 0 Å². The van der Waals surface area contributed by atoms with Crippen molar-refractivity contribution in [1.82, 2.24) is 20.2 Å². The van der Waals surface area contributed by atoms with Crippen molar-refractivity contribution in [3.05, 3.63) is 35.9 Å². The lowest BCUT2D eigenvalue weighted by atomic mass is 10.4. The number of aromatic nitrogens is 4. The van der Waals surface area contributed by atoms with Gasteiger partial charge in [0.05, 0.1) is 11.9 Å². The van der Waals surface area contributed by atoms with Crippen LogP contribution in [0.5, 0.6) is 0 Å². The van der Waals surface area contributed by atoms with Crippen LogP contribution in [0.25, 0.3) is 0 Å². The number of hydrogen-bond donors (Lipinski definition) is 2. The van der Waals surface area contributed by atoms with Crippen LogP contribution in [0.3, 0.4) is 0 Å². The summed E-state index contributed by atoms with van der Waals surface area (Å²) >= 11 is 0. The smallest absolute Gasteiger partial charge is 0.295 e. The molecule has 6 nitrogen and oxygen atoms in total. The summed E-state index contributed by atoms with van der Waals surface area (Å²) in [5.74, 6) is -0.387. The average Bonchev–Trinajstić information content (AvgIpc) is 2.81. The Morgan fingerprint density at radius 1 is 1.53 bits per heavy atom. The molecule has 0 unspecified atom stereocenters. The Bertz CT molecular complexity index is 522. The van der Waals surface area contributed by atoms with E-state index in [0.29, 0.717) is 17.9 Å². The maximum Gasteiger partial charge on any atom is 0.295 e. The number of aryl methyl sites for hydroxylation is 1. The standard InChI is InChI=1S/C10H10FN5O/c1-2-8-14-9(16-15-8)10(17)13-6-3-4-7(11)12-5-6/h3-5H,2H2,1H3,(H,13,17)(H,14,15,16). The van der Waals surface area contributed by atoms with Crippen molar-refractivity contribution in [3.8, 4) is 0 Å². The molecule has 17 heavy (non-hydrogen) atoms. The summed E-state index contributed by atoms with van der Waals surface area (Å²) in [6.45, 7) is 1.89. The molecule has 1 amide bonds.